The van der Waals surface area contributed by atoms with Gasteiger partial charge in [-0.25, -0.2) is 0 Å². The summed E-state index contributed by atoms with van der Waals surface area (Å²) in [6.45, 7) is 0. The first kappa shape index (κ1) is 8.81. The molecule has 1 aliphatic carbocycles. The standard InChI is InChI=1S/C7H11ClO3/c8-5-2-1-4(7(10)11)3-6(5)9/h4-6,9H,1-3H2,(H,10,11)/t4-,5-,6-/m1/s1. The van der Waals surface area contributed by atoms with Crippen molar-refractivity contribution in [2.45, 2.75) is 30.7 Å². The molecule has 2 N–H and O–H groups in total. The molecule has 0 aromatic rings. The summed E-state index contributed by atoms with van der Waals surface area (Å²) >= 11 is 5.69. The molecule has 1 saturated carbocycles. The van der Waals surface area contributed by atoms with Crippen LogP contribution in [0.2, 0.25) is 0 Å². The van der Waals surface area contributed by atoms with Gasteiger partial charge in [-0.05, 0) is 19.3 Å². The fourth-order valence-corrected chi connectivity index (χ4v) is 1.56. The topological polar surface area (TPSA) is 57.5 Å². The molecule has 0 aromatic carbocycles. The van der Waals surface area contributed by atoms with Crippen LogP contribution >= 0.6 is 11.6 Å². The number of rotatable bonds is 1. The van der Waals surface area contributed by atoms with E-state index < -0.39 is 18.0 Å². The van der Waals surface area contributed by atoms with Crippen molar-refractivity contribution in [1.29, 1.82) is 0 Å². The lowest BCUT2D eigenvalue weighted by molar-refractivity contribution is -0.144. The summed E-state index contributed by atoms with van der Waals surface area (Å²) < 4.78 is 0. The highest BCUT2D eigenvalue weighted by atomic mass is 35.5. The Kier molecular flexibility index (Phi) is 2.73. The number of aliphatic hydroxyl groups excluding tert-OH is 1. The number of carbonyl (C=O) groups is 1. The largest absolute Gasteiger partial charge is 0.481 e. The molecule has 3 atom stereocenters. The molecular weight excluding hydrogens is 168 g/mol. The Hall–Kier alpha value is -0.280. The molecule has 0 unspecified atom stereocenters. The van der Waals surface area contributed by atoms with Crippen molar-refractivity contribution < 1.29 is 15.0 Å². The van der Waals surface area contributed by atoms with E-state index >= 15 is 0 Å². The van der Waals surface area contributed by atoms with Crippen LogP contribution < -0.4 is 0 Å². The van der Waals surface area contributed by atoms with Gasteiger partial charge >= 0.3 is 5.97 Å². The smallest absolute Gasteiger partial charge is 0.306 e. The van der Waals surface area contributed by atoms with Gasteiger partial charge < -0.3 is 10.2 Å². The zero-order valence-corrected chi connectivity index (χ0v) is 6.79. The molecule has 4 heteroatoms. The van der Waals surface area contributed by atoms with E-state index in [4.69, 9.17) is 16.7 Å². The minimum absolute atomic E-state index is 0.259. The number of hydrogen-bond donors (Lipinski definition) is 2. The van der Waals surface area contributed by atoms with E-state index in [1.807, 2.05) is 0 Å². The van der Waals surface area contributed by atoms with Crippen molar-refractivity contribution in [1.82, 2.24) is 0 Å². The summed E-state index contributed by atoms with van der Waals surface area (Å²) in [7, 11) is 0. The number of hydrogen-bond acceptors (Lipinski definition) is 2. The number of alkyl halides is 1. The zero-order valence-electron chi connectivity index (χ0n) is 6.03. The predicted octanol–water partition coefficient (Wildman–Crippen LogP) is 0.839. The van der Waals surface area contributed by atoms with E-state index in [1.54, 1.807) is 0 Å². The highest BCUT2D eigenvalue weighted by Gasteiger charge is 2.31. The number of halogens is 1. The van der Waals surface area contributed by atoms with Crippen LogP contribution in [0.1, 0.15) is 19.3 Å². The van der Waals surface area contributed by atoms with Gasteiger partial charge in [-0.15, -0.1) is 11.6 Å². The van der Waals surface area contributed by atoms with Crippen LogP contribution in [0.3, 0.4) is 0 Å². The Balaban J connectivity index is 2.46. The average molecular weight is 179 g/mol. The van der Waals surface area contributed by atoms with Crippen LogP contribution in [0.4, 0.5) is 0 Å². The highest BCUT2D eigenvalue weighted by molar-refractivity contribution is 6.21. The molecule has 64 valence electrons. The SMILES string of the molecule is O=C(O)[C@@H]1CC[C@@H](Cl)[C@H](O)C1. The molecule has 0 radical (unpaired) electrons. The maximum absolute atomic E-state index is 10.5. The lowest BCUT2D eigenvalue weighted by atomic mass is 9.87. The van der Waals surface area contributed by atoms with Gasteiger partial charge in [0, 0.05) is 0 Å². The Morgan fingerprint density at radius 2 is 2.09 bits per heavy atom. The Bertz CT molecular complexity index is 160. The number of aliphatic carboxylic acids is 1. The van der Waals surface area contributed by atoms with E-state index in [-0.39, 0.29) is 5.38 Å². The van der Waals surface area contributed by atoms with Crippen LogP contribution in [0.5, 0.6) is 0 Å². The monoisotopic (exact) mass is 178 g/mol. The molecule has 0 amide bonds. The Labute approximate surface area is 70.0 Å². The maximum atomic E-state index is 10.5. The van der Waals surface area contributed by atoms with Gasteiger partial charge in [0.2, 0.25) is 0 Å². The van der Waals surface area contributed by atoms with Gasteiger partial charge in [-0.1, -0.05) is 0 Å². The van der Waals surface area contributed by atoms with Gasteiger partial charge in [0.1, 0.15) is 0 Å². The molecule has 0 spiro atoms. The fourth-order valence-electron chi connectivity index (χ4n) is 1.33. The average Bonchev–Trinajstić information content (AvgIpc) is 1.94. The molecule has 0 bridgehead atoms. The highest BCUT2D eigenvalue weighted by Crippen LogP contribution is 2.27. The molecule has 11 heavy (non-hydrogen) atoms. The lowest BCUT2D eigenvalue weighted by Gasteiger charge is -2.26. The van der Waals surface area contributed by atoms with Crippen LogP contribution in [0.15, 0.2) is 0 Å². The number of carboxylic acid groups (broad SMARTS) is 1. The normalized spacial score (nSPS) is 38.5. The first-order chi connectivity index (χ1) is 5.11. The van der Waals surface area contributed by atoms with Crippen LogP contribution in [-0.4, -0.2) is 27.7 Å². The van der Waals surface area contributed by atoms with Gasteiger partial charge in [0.05, 0.1) is 17.4 Å². The van der Waals surface area contributed by atoms with Crippen LogP contribution in [-0.2, 0) is 4.79 Å². The first-order valence-corrected chi connectivity index (χ1v) is 4.10. The lowest BCUT2D eigenvalue weighted by Crippen LogP contribution is -2.33. The minimum atomic E-state index is -0.826. The van der Waals surface area contributed by atoms with Gasteiger partial charge in [0.15, 0.2) is 0 Å². The third kappa shape index (κ3) is 2.07. The Morgan fingerprint density at radius 3 is 2.55 bits per heavy atom. The summed E-state index contributed by atoms with van der Waals surface area (Å²) in [6, 6.07) is 0. The van der Waals surface area contributed by atoms with Crippen molar-refractivity contribution in [3.8, 4) is 0 Å². The summed E-state index contributed by atoms with van der Waals surface area (Å²) in [6.07, 6.45) is 0.829. The summed E-state index contributed by atoms with van der Waals surface area (Å²) in [5, 5.41) is 17.5. The molecule has 0 saturated heterocycles. The molecule has 1 rings (SSSR count). The molecule has 1 fully saturated rings. The van der Waals surface area contributed by atoms with Crippen molar-refractivity contribution in [3.05, 3.63) is 0 Å². The summed E-state index contributed by atoms with van der Waals surface area (Å²) in [5.74, 6) is -1.23. The molecular formula is C7H11ClO3. The van der Waals surface area contributed by atoms with Crippen molar-refractivity contribution in [3.63, 3.8) is 0 Å². The van der Waals surface area contributed by atoms with E-state index in [0.29, 0.717) is 19.3 Å². The van der Waals surface area contributed by atoms with E-state index in [0.717, 1.165) is 0 Å². The van der Waals surface area contributed by atoms with Gasteiger partial charge in [0.25, 0.3) is 0 Å². The fraction of sp³-hybridized carbons (Fsp3) is 0.857. The van der Waals surface area contributed by atoms with Crippen molar-refractivity contribution in [2.75, 3.05) is 0 Å². The number of carboxylic acids is 1. The molecule has 1 aliphatic rings. The van der Waals surface area contributed by atoms with E-state index in [1.165, 1.54) is 0 Å². The van der Waals surface area contributed by atoms with Crippen molar-refractivity contribution >= 4 is 17.6 Å². The van der Waals surface area contributed by atoms with E-state index in [9.17, 15) is 9.90 Å². The summed E-state index contributed by atoms with van der Waals surface area (Å²) in [4.78, 5) is 10.5. The quantitative estimate of drug-likeness (QED) is 0.585. The van der Waals surface area contributed by atoms with Crippen LogP contribution in [0, 0.1) is 5.92 Å². The van der Waals surface area contributed by atoms with Crippen molar-refractivity contribution in [2.24, 2.45) is 5.92 Å². The maximum Gasteiger partial charge on any atom is 0.306 e. The minimum Gasteiger partial charge on any atom is -0.481 e. The second-order valence-electron chi connectivity index (χ2n) is 2.93. The third-order valence-corrected chi connectivity index (χ3v) is 2.59. The molecule has 0 aliphatic heterocycles. The second-order valence-corrected chi connectivity index (χ2v) is 3.49. The molecule has 3 nitrogen and oxygen atoms in total. The Morgan fingerprint density at radius 1 is 1.45 bits per heavy atom. The number of aliphatic hydroxyl groups is 1. The van der Waals surface area contributed by atoms with Gasteiger partial charge in [-0.2, -0.15) is 0 Å². The van der Waals surface area contributed by atoms with Crippen LogP contribution in [0.25, 0.3) is 0 Å². The molecule has 0 heterocycles. The zero-order chi connectivity index (χ0) is 8.43. The second kappa shape index (κ2) is 3.41. The molecule has 0 aromatic heterocycles. The van der Waals surface area contributed by atoms with E-state index in [2.05, 4.69) is 0 Å². The van der Waals surface area contributed by atoms with Gasteiger partial charge in [-0.3, -0.25) is 4.79 Å². The summed E-state index contributed by atoms with van der Waals surface area (Å²) in [5.41, 5.74) is 0. The first-order valence-electron chi connectivity index (χ1n) is 3.66. The third-order valence-electron chi connectivity index (χ3n) is 2.08. The predicted molar refractivity (Wildman–Crippen MR) is 40.6 cm³/mol.